The third-order valence-corrected chi connectivity index (χ3v) is 3.35. The Balaban J connectivity index is 2.29. The van der Waals surface area contributed by atoms with Crippen LogP contribution in [0.1, 0.15) is 28.3 Å². The zero-order valence-corrected chi connectivity index (χ0v) is 11.3. The maximum Gasteiger partial charge on any atom is 0.235 e. The van der Waals surface area contributed by atoms with Crippen LogP contribution >= 0.6 is 0 Å². The van der Waals surface area contributed by atoms with Gasteiger partial charge in [-0.1, -0.05) is 54.1 Å². The smallest absolute Gasteiger partial charge is 0.211 e. The molecule has 0 fully saturated rings. The molecular formula is C17H17NO. The Kier molecular flexibility index (Phi) is 4.27. The van der Waals surface area contributed by atoms with E-state index in [9.17, 15) is 4.79 Å². The highest BCUT2D eigenvalue weighted by molar-refractivity contribution is 5.37. The molecule has 0 spiro atoms. The lowest BCUT2D eigenvalue weighted by Crippen LogP contribution is -2.01. The molecule has 0 N–H and O–H groups in total. The minimum atomic E-state index is -0.154. The van der Waals surface area contributed by atoms with Crippen LogP contribution in [0.15, 0.2) is 53.5 Å². The van der Waals surface area contributed by atoms with Gasteiger partial charge in [0.2, 0.25) is 6.08 Å². The fourth-order valence-electron chi connectivity index (χ4n) is 2.14. The summed E-state index contributed by atoms with van der Waals surface area (Å²) in [5.41, 5.74) is 4.69. The lowest BCUT2D eigenvalue weighted by Gasteiger charge is -2.13. The van der Waals surface area contributed by atoms with E-state index in [2.05, 4.69) is 24.0 Å². The van der Waals surface area contributed by atoms with Crippen LogP contribution in [-0.4, -0.2) is 6.08 Å². The van der Waals surface area contributed by atoms with Gasteiger partial charge in [0, 0.05) is 6.42 Å². The highest BCUT2D eigenvalue weighted by atomic mass is 16.1. The van der Waals surface area contributed by atoms with Gasteiger partial charge in [-0.05, 0) is 30.5 Å². The fourth-order valence-corrected chi connectivity index (χ4v) is 2.14. The van der Waals surface area contributed by atoms with Gasteiger partial charge in [0.15, 0.2) is 0 Å². The predicted molar refractivity (Wildman–Crippen MR) is 76.9 cm³/mol. The average Bonchev–Trinajstić information content (AvgIpc) is 2.42. The molecule has 2 rings (SSSR count). The van der Waals surface area contributed by atoms with Gasteiger partial charge < -0.3 is 0 Å². The summed E-state index contributed by atoms with van der Waals surface area (Å²) in [6.07, 6.45) is 2.42. The predicted octanol–water partition coefficient (Wildman–Crippen LogP) is 3.92. The third kappa shape index (κ3) is 3.40. The second kappa shape index (κ2) is 6.12. The first kappa shape index (κ1) is 13.3. The second-order valence-corrected chi connectivity index (χ2v) is 4.78. The number of isocyanates is 1. The monoisotopic (exact) mass is 251 g/mol. The lowest BCUT2D eigenvalue weighted by atomic mass is 9.96. The molecule has 0 bridgehead atoms. The van der Waals surface area contributed by atoms with Crippen molar-refractivity contribution in [3.05, 3.63) is 70.8 Å². The van der Waals surface area contributed by atoms with Crippen molar-refractivity contribution in [3.63, 3.8) is 0 Å². The van der Waals surface area contributed by atoms with Crippen LogP contribution in [0.2, 0.25) is 0 Å². The molecule has 0 aliphatic rings. The number of hydrogen-bond donors (Lipinski definition) is 0. The number of aryl methyl sites for hydroxylation is 2. The molecule has 96 valence electrons. The molecule has 0 amide bonds. The standard InChI is InChI=1S/C17H17NO/c1-13-7-9-15(10-8-13)17(18-12-19)11-16-6-4-3-5-14(16)2/h3-10,17H,11H2,1-2H3. The summed E-state index contributed by atoms with van der Waals surface area (Å²) >= 11 is 0. The van der Waals surface area contributed by atoms with Gasteiger partial charge >= 0.3 is 0 Å². The van der Waals surface area contributed by atoms with Crippen molar-refractivity contribution in [2.24, 2.45) is 4.99 Å². The van der Waals surface area contributed by atoms with Gasteiger partial charge in [0.1, 0.15) is 0 Å². The molecule has 0 saturated heterocycles. The lowest BCUT2D eigenvalue weighted by molar-refractivity contribution is 0.557. The molecule has 0 aromatic heterocycles. The van der Waals surface area contributed by atoms with E-state index in [1.54, 1.807) is 6.08 Å². The zero-order valence-electron chi connectivity index (χ0n) is 11.3. The van der Waals surface area contributed by atoms with Gasteiger partial charge in [0.25, 0.3) is 0 Å². The molecule has 0 aliphatic carbocycles. The maximum absolute atomic E-state index is 10.6. The number of nitrogens with zero attached hydrogens (tertiary/aromatic N) is 1. The highest BCUT2D eigenvalue weighted by Gasteiger charge is 2.12. The molecule has 0 radical (unpaired) electrons. The molecule has 0 heterocycles. The van der Waals surface area contributed by atoms with Gasteiger partial charge in [0.05, 0.1) is 6.04 Å². The van der Waals surface area contributed by atoms with Gasteiger partial charge in [-0.15, -0.1) is 0 Å². The van der Waals surface area contributed by atoms with Gasteiger partial charge in [-0.3, -0.25) is 0 Å². The molecule has 19 heavy (non-hydrogen) atoms. The minimum absolute atomic E-state index is 0.154. The third-order valence-electron chi connectivity index (χ3n) is 3.35. The number of aliphatic imine (C=N–C) groups is 1. The molecular weight excluding hydrogens is 234 g/mol. The Labute approximate surface area is 113 Å². The van der Waals surface area contributed by atoms with Crippen LogP contribution < -0.4 is 0 Å². The molecule has 2 aromatic rings. The van der Waals surface area contributed by atoms with Crippen LogP contribution in [0, 0.1) is 13.8 Å². The summed E-state index contributed by atoms with van der Waals surface area (Å²) in [5.74, 6) is 0. The Morgan fingerprint density at radius 1 is 1.05 bits per heavy atom. The van der Waals surface area contributed by atoms with Crippen LogP contribution in [0.4, 0.5) is 0 Å². The first-order valence-corrected chi connectivity index (χ1v) is 6.39. The SMILES string of the molecule is Cc1ccc(C(Cc2ccccc2C)N=C=O)cc1. The molecule has 1 atom stereocenters. The van der Waals surface area contributed by atoms with Gasteiger partial charge in [-0.2, -0.15) is 4.99 Å². The topological polar surface area (TPSA) is 29.4 Å². The van der Waals surface area contributed by atoms with Gasteiger partial charge in [-0.25, -0.2) is 4.79 Å². The Morgan fingerprint density at radius 2 is 1.74 bits per heavy atom. The van der Waals surface area contributed by atoms with E-state index < -0.39 is 0 Å². The second-order valence-electron chi connectivity index (χ2n) is 4.78. The van der Waals surface area contributed by atoms with Crippen molar-refractivity contribution in [2.45, 2.75) is 26.3 Å². The Morgan fingerprint density at radius 3 is 2.37 bits per heavy atom. The summed E-state index contributed by atoms with van der Waals surface area (Å²) in [4.78, 5) is 14.6. The molecule has 2 aromatic carbocycles. The van der Waals surface area contributed by atoms with E-state index in [1.165, 1.54) is 16.7 Å². The number of carbonyl (C=O) groups excluding carboxylic acids is 1. The zero-order chi connectivity index (χ0) is 13.7. The molecule has 0 saturated carbocycles. The summed E-state index contributed by atoms with van der Waals surface area (Å²) in [7, 11) is 0. The van der Waals surface area contributed by atoms with E-state index in [-0.39, 0.29) is 6.04 Å². The van der Waals surface area contributed by atoms with Crippen molar-refractivity contribution in [1.82, 2.24) is 0 Å². The van der Waals surface area contributed by atoms with E-state index >= 15 is 0 Å². The molecule has 2 nitrogen and oxygen atoms in total. The van der Waals surface area contributed by atoms with Crippen LogP contribution in [0.25, 0.3) is 0 Å². The summed E-state index contributed by atoms with van der Waals surface area (Å²) < 4.78 is 0. The van der Waals surface area contributed by atoms with E-state index in [1.807, 2.05) is 43.3 Å². The fraction of sp³-hybridized carbons (Fsp3) is 0.235. The van der Waals surface area contributed by atoms with Crippen LogP contribution in [0.5, 0.6) is 0 Å². The number of benzene rings is 2. The minimum Gasteiger partial charge on any atom is -0.211 e. The van der Waals surface area contributed by atoms with Crippen molar-refractivity contribution in [2.75, 3.05) is 0 Å². The van der Waals surface area contributed by atoms with Crippen LogP contribution in [-0.2, 0) is 11.2 Å². The summed E-state index contributed by atoms with van der Waals surface area (Å²) in [6.45, 7) is 4.12. The first-order chi connectivity index (χ1) is 9.20. The van der Waals surface area contributed by atoms with Crippen molar-refractivity contribution in [1.29, 1.82) is 0 Å². The Hall–Kier alpha value is -2.18. The van der Waals surface area contributed by atoms with E-state index in [0.29, 0.717) is 0 Å². The molecule has 0 aliphatic heterocycles. The van der Waals surface area contributed by atoms with Crippen molar-refractivity contribution >= 4 is 6.08 Å². The summed E-state index contributed by atoms with van der Waals surface area (Å²) in [6, 6.07) is 16.2. The highest BCUT2D eigenvalue weighted by Crippen LogP contribution is 2.23. The quantitative estimate of drug-likeness (QED) is 0.598. The Bertz CT molecular complexity index is 595. The molecule has 2 heteroatoms. The van der Waals surface area contributed by atoms with Crippen LogP contribution in [0.3, 0.4) is 0 Å². The van der Waals surface area contributed by atoms with Crippen molar-refractivity contribution < 1.29 is 4.79 Å². The number of rotatable bonds is 4. The van der Waals surface area contributed by atoms with E-state index in [4.69, 9.17) is 0 Å². The first-order valence-electron chi connectivity index (χ1n) is 6.39. The van der Waals surface area contributed by atoms with E-state index in [0.717, 1.165) is 12.0 Å². The average molecular weight is 251 g/mol. The number of hydrogen-bond acceptors (Lipinski definition) is 2. The molecule has 1 unspecified atom stereocenters. The largest absolute Gasteiger partial charge is 0.235 e. The van der Waals surface area contributed by atoms with Crippen molar-refractivity contribution in [3.8, 4) is 0 Å². The summed E-state index contributed by atoms with van der Waals surface area (Å²) in [5, 5.41) is 0. The maximum atomic E-state index is 10.6. The normalized spacial score (nSPS) is 11.7.